The Morgan fingerprint density at radius 1 is 1.36 bits per heavy atom. The zero-order valence-corrected chi connectivity index (χ0v) is 12.0. The molecule has 22 heavy (non-hydrogen) atoms. The van der Waals surface area contributed by atoms with E-state index in [2.05, 4.69) is 5.32 Å². The van der Waals surface area contributed by atoms with Gasteiger partial charge in [-0.15, -0.1) is 0 Å². The Morgan fingerprint density at radius 2 is 1.95 bits per heavy atom. The lowest BCUT2D eigenvalue weighted by atomic mass is 9.85. The SMILES string of the molecule is CC(=O)N[C@]1(O)C(c2ccc(N)cc2)O[C@H](CO)[C@H](O)[C@@H]1O. The van der Waals surface area contributed by atoms with Crippen molar-refractivity contribution in [2.24, 2.45) is 0 Å². The highest BCUT2D eigenvalue weighted by atomic mass is 16.6. The first-order valence-corrected chi connectivity index (χ1v) is 6.78. The van der Waals surface area contributed by atoms with Crippen molar-refractivity contribution in [2.75, 3.05) is 12.3 Å². The fraction of sp³-hybridized carbons (Fsp3) is 0.500. The Hall–Kier alpha value is -1.71. The molecule has 1 aromatic carbocycles. The molecular weight excluding hydrogens is 292 g/mol. The molecular formula is C14H20N2O6. The quantitative estimate of drug-likeness (QED) is 0.286. The largest absolute Gasteiger partial charge is 0.399 e. The molecule has 1 fully saturated rings. The molecule has 0 aliphatic carbocycles. The van der Waals surface area contributed by atoms with Crippen molar-refractivity contribution in [1.29, 1.82) is 0 Å². The number of ether oxygens (including phenoxy) is 1. The first-order valence-electron chi connectivity index (χ1n) is 6.78. The number of nitrogens with one attached hydrogen (secondary N) is 1. The highest BCUT2D eigenvalue weighted by Gasteiger charge is 2.55. The molecule has 1 aromatic rings. The molecule has 1 heterocycles. The maximum absolute atomic E-state index is 11.4. The maximum Gasteiger partial charge on any atom is 0.219 e. The predicted octanol–water partition coefficient (Wildman–Crippen LogP) is -1.75. The summed E-state index contributed by atoms with van der Waals surface area (Å²) in [4.78, 5) is 11.4. The van der Waals surface area contributed by atoms with E-state index < -0.39 is 42.7 Å². The van der Waals surface area contributed by atoms with E-state index in [9.17, 15) is 25.2 Å². The number of hydrogen-bond donors (Lipinski definition) is 6. The van der Waals surface area contributed by atoms with Gasteiger partial charge in [0.2, 0.25) is 5.91 Å². The monoisotopic (exact) mass is 312 g/mol. The van der Waals surface area contributed by atoms with Gasteiger partial charge in [0.1, 0.15) is 24.4 Å². The van der Waals surface area contributed by atoms with Crippen LogP contribution in [-0.4, -0.2) is 57.0 Å². The minimum Gasteiger partial charge on any atom is -0.399 e. The van der Waals surface area contributed by atoms with Crippen molar-refractivity contribution in [1.82, 2.24) is 5.32 Å². The Balaban J connectivity index is 2.44. The van der Waals surface area contributed by atoms with Crippen molar-refractivity contribution in [2.45, 2.75) is 37.1 Å². The summed E-state index contributed by atoms with van der Waals surface area (Å²) in [5.74, 6) is -0.611. The summed E-state index contributed by atoms with van der Waals surface area (Å²) >= 11 is 0. The first kappa shape index (κ1) is 16.7. The third kappa shape index (κ3) is 2.92. The summed E-state index contributed by atoms with van der Waals surface area (Å²) in [7, 11) is 0. The average molecular weight is 312 g/mol. The van der Waals surface area contributed by atoms with Gasteiger partial charge in [-0.1, -0.05) is 12.1 Å². The topological polar surface area (TPSA) is 145 Å². The minimum absolute atomic E-state index is 0.426. The number of rotatable bonds is 3. The van der Waals surface area contributed by atoms with Crippen LogP contribution in [0.5, 0.6) is 0 Å². The second-order valence-corrected chi connectivity index (χ2v) is 5.35. The summed E-state index contributed by atoms with van der Waals surface area (Å²) < 4.78 is 5.50. The van der Waals surface area contributed by atoms with Crippen LogP contribution in [-0.2, 0) is 9.53 Å². The molecule has 8 nitrogen and oxygen atoms in total. The van der Waals surface area contributed by atoms with E-state index in [0.29, 0.717) is 11.3 Å². The van der Waals surface area contributed by atoms with Gasteiger partial charge < -0.3 is 36.2 Å². The van der Waals surface area contributed by atoms with Crippen molar-refractivity contribution in [3.05, 3.63) is 29.8 Å². The van der Waals surface area contributed by atoms with Crippen LogP contribution < -0.4 is 11.1 Å². The van der Waals surface area contributed by atoms with Crippen LogP contribution in [0.25, 0.3) is 0 Å². The van der Waals surface area contributed by atoms with Crippen molar-refractivity contribution in [3.63, 3.8) is 0 Å². The number of nitrogens with two attached hydrogens (primary N) is 1. The molecule has 0 saturated carbocycles. The molecule has 1 aliphatic rings. The van der Waals surface area contributed by atoms with Gasteiger partial charge >= 0.3 is 0 Å². The second-order valence-electron chi connectivity index (χ2n) is 5.35. The molecule has 8 heteroatoms. The van der Waals surface area contributed by atoms with Crippen LogP contribution >= 0.6 is 0 Å². The highest BCUT2D eigenvalue weighted by Crippen LogP contribution is 2.38. The highest BCUT2D eigenvalue weighted by molar-refractivity contribution is 5.74. The number of amides is 1. The predicted molar refractivity (Wildman–Crippen MR) is 76.3 cm³/mol. The minimum atomic E-state index is -2.24. The molecule has 1 saturated heterocycles. The van der Waals surface area contributed by atoms with E-state index in [1.165, 1.54) is 0 Å². The Morgan fingerprint density at radius 3 is 2.45 bits per heavy atom. The zero-order chi connectivity index (χ0) is 16.5. The number of anilines is 1. The summed E-state index contributed by atoms with van der Waals surface area (Å²) in [6, 6.07) is 6.26. The van der Waals surface area contributed by atoms with Gasteiger partial charge in [0.25, 0.3) is 0 Å². The number of carbonyl (C=O) groups excluding carboxylic acids is 1. The van der Waals surface area contributed by atoms with Gasteiger partial charge in [0, 0.05) is 12.6 Å². The summed E-state index contributed by atoms with van der Waals surface area (Å²) in [6.07, 6.45) is -5.60. The van der Waals surface area contributed by atoms with Crippen LogP contribution in [0.4, 0.5) is 5.69 Å². The van der Waals surface area contributed by atoms with E-state index in [4.69, 9.17) is 10.5 Å². The lowest BCUT2D eigenvalue weighted by Gasteiger charge is -2.48. The smallest absolute Gasteiger partial charge is 0.219 e. The van der Waals surface area contributed by atoms with Crippen LogP contribution in [0.15, 0.2) is 24.3 Å². The van der Waals surface area contributed by atoms with E-state index in [0.717, 1.165) is 6.92 Å². The molecule has 0 aromatic heterocycles. The van der Waals surface area contributed by atoms with Gasteiger partial charge in [0.05, 0.1) is 6.61 Å². The number of benzene rings is 1. The molecule has 122 valence electrons. The van der Waals surface area contributed by atoms with Crippen molar-refractivity contribution < 1.29 is 30.0 Å². The van der Waals surface area contributed by atoms with Crippen LogP contribution in [0, 0.1) is 0 Å². The third-order valence-corrected chi connectivity index (χ3v) is 3.66. The number of hydrogen-bond acceptors (Lipinski definition) is 7. The number of nitrogen functional groups attached to an aromatic ring is 1. The fourth-order valence-electron chi connectivity index (χ4n) is 2.55. The lowest BCUT2D eigenvalue weighted by Crippen LogP contribution is -2.69. The molecule has 1 unspecified atom stereocenters. The van der Waals surface area contributed by atoms with Crippen LogP contribution in [0.3, 0.4) is 0 Å². The molecule has 1 amide bonds. The molecule has 1 aliphatic heterocycles. The van der Waals surface area contributed by atoms with Gasteiger partial charge in [-0.05, 0) is 17.7 Å². The van der Waals surface area contributed by atoms with Gasteiger partial charge in [-0.25, -0.2) is 0 Å². The molecule has 2 rings (SSSR count). The third-order valence-electron chi connectivity index (χ3n) is 3.66. The van der Waals surface area contributed by atoms with E-state index >= 15 is 0 Å². The van der Waals surface area contributed by atoms with Crippen molar-refractivity contribution in [3.8, 4) is 0 Å². The molecule has 0 spiro atoms. The summed E-state index contributed by atoms with van der Waals surface area (Å²) in [5.41, 5.74) is 4.28. The van der Waals surface area contributed by atoms with Gasteiger partial charge in [0.15, 0.2) is 5.72 Å². The molecule has 0 bridgehead atoms. The zero-order valence-electron chi connectivity index (χ0n) is 12.0. The van der Waals surface area contributed by atoms with Crippen LogP contribution in [0.2, 0.25) is 0 Å². The lowest BCUT2D eigenvalue weighted by molar-refractivity contribution is -0.286. The number of aliphatic hydroxyl groups excluding tert-OH is 3. The molecule has 0 radical (unpaired) electrons. The summed E-state index contributed by atoms with van der Waals surface area (Å²) in [6.45, 7) is 0.606. The molecule has 7 N–H and O–H groups in total. The Bertz CT molecular complexity index is 537. The van der Waals surface area contributed by atoms with E-state index in [1.807, 2.05) is 0 Å². The standard InChI is InChI=1S/C14H20N2O6/c1-7(18)16-14(21)12(20)11(19)10(6-17)22-13(14)8-2-4-9(15)5-3-8/h2-5,10-13,17,19-21H,6,15H2,1H3,(H,16,18)/t10-,11+,12+,13?,14-/m1/s1. The number of carbonyl (C=O) groups is 1. The fourth-order valence-corrected chi connectivity index (χ4v) is 2.55. The summed E-state index contributed by atoms with van der Waals surface area (Å²) in [5, 5.41) is 42.3. The first-order chi connectivity index (χ1) is 10.3. The Labute approximate surface area is 127 Å². The second kappa shape index (κ2) is 6.19. The number of aliphatic hydroxyl groups is 4. The van der Waals surface area contributed by atoms with E-state index in [-0.39, 0.29) is 0 Å². The normalized spacial score (nSPS) is 35.1. The Kier molecular flexibility index (Phi) is 4.69. The van der Waals surface area contributed by atoms with E-state index in [1.54, 1.807) is 24.3 Å². The van der Waals surface area contributed by atoms with Gasteiger partial charge in [-0.3, -0.25) is 4.79 Å². The van der Waals surface area contributed by atoms with Crippen molar-refractivity contribution >= 4 is 11.6 Å². The maximum atomic E-state index is 11.4. The van der Waals surface area contributed by atoms with Crippen LogP contribution in [0.1, 0.15) is 18.6 Å². The molecule has 5 atom stereocenters. The van der Waals surface area contributed by atoms with Gasteiger partial charge in [-0.2, -0.15) is 0 Å². The average Bonchev–Trinajstić information content (AvgIpc) is 2.46.